The second-order valence-electron chi connectivity index (χ2n) is 4.02. The van der Waals surface area contributed by atoms with Gasteiger partial charge in [-0.05, 0) is 19.4 Å². The molecule has 1 amide bonds. The van der Waals surface area contributed by atoms with Gasteiger partial charge in [0.05, 0.1) is 5.92 Å². The fourth-order valence-electron chi connectivity index (χ4n) is 2.11. The molecule has 82 valence electrons. The molecular formula is C9H18ClN3O. The molecule has 2 rings (SSSR count). The summed E-state index contributed by atoms with van der Waals surface area (Å²) in [6.07, 6.45) is 1.95. The summed E-state index contributed by atoms with van der Waals surface area (Å²) in [6.45, 7) is 3.45. The predicted octanol–water partition coefficient (Wildman–Crippen LogP) is -0.423. The first-order valence-electron chi connectivity index (χ1n) is 5.02. The number of amides is 1. The van der Waals surface area contributed by atoms with Crippen LogP contribution in [0.25, 0.3) is 0 Å². The third-order valence-electron chi connectivity index (χ3n) is 2.95. The van der Waals surface area contributed by atoms with Crippen LogP contribution in [0.5, 0.6) is 0 Å². The lowest BCUT2D eigenvalue weighted by Gasteiger charge is -2.19. The molecule has 2 aliphatic heterocycles. The molecule has 0 saturated carbocycles. The number of nitrogens with one attached hydrogen (secondary N) is 1. The smallest absolute Gasteiger partial charge is 0.227 e. The highest BCUT2D eigenvalue weighted by molar-refractivity contribution is 5.85. The molecule has 0 aliphatic carbocycles. The van der Waals surface area contributed by atoms with E-state index in [1.54, 1.807) is 0 Å². The summed E-state index contributed by atoms with van der Waals surface area (Å²) in [5.74, 6) is 0.517. The topological polar surface area (TPSA) is 58.4 Å². The van der Waals surface area contributed by atoms with Crippen LogP contribution >= 0.6 is 12.4 Å². The number of hydrogen-bond donors (Lipinski definition) is 2. The number of hydrogen-bond acceptors (Lipinski definition) is 3. The standard InChI is InChI=1S/C9H17N3O.ClH/c10-8-2-4-12(6-8)9(13)7-1-3-11-5-7;/h7-8,11H,1-6,10H2;1H/t7-,8+;/m0./s1. The van der Waals surface area contributed by atoms with E-state index in [0.717, 1.165) is 39.0 Å². The van der Waals surface area contributed by atoms with Crippen molar-refractivity contribution in [2.75, 3.05) is 26.2 Å². The van der Waals surface area contributed by atoms with E-state index in [4.69, 9.17) is 5.73 Å². The van der Waals surface area contributed by atoms with E-state index in [-0.39, 0.29) is 24.4 Å². The summed E-state index contributed by atoms with van der Waals surface area (Å²) in [7, 11) is 0. The van der Waals surface area contributed by atoms with E-state index in [2.05, 4.69) is 5.32 Å². The molecule has 3 N–H and O–H groups in total. The molecule has 0 aromatic heterocycles. The van der Waals surface area contributed by atoms with Crippen molar-refractivity contribution in [2.45, 2.75) is 18.9 Å². The average Bonchev–Trinajstić information content (AvgIpc) is 2.72. The molecular weight excluding hydrogens is 202 g/mol. The third kappa shape index (κ3) is 2.38. The van der Waals surface area contributed by atoms with Crippen LogP contribution in [0.4, 0.5) is 0 Å². The van der Waals surface area contributed by atoms with Gasteiger partial charge < -0.3 is 16.0 Å². The first-order chi connectivity index (χ1) is 6.27. The molecule has 0 aromatic carbocycles. The normalized spacial score (nSPS) is 31.6. The van der Waals surface area contributed by atoms with Gasteiger partial charge in [0.1, 0.15) is 0 Å². The summed E-state index contributed by atoms with van der Waals surface area (Å²) < 4.78 is 0. The molecule has 2 heterocycles. The summed E-state index contributed by atoms with van der Waals surface area (Å²) in [5.41, 5.74) is 5.75. The molecule has 0 bridgehead atoms. The average molecular weight is 220 g/mol. The number of rotatable bonds is 1. The van der Waals surface area contributed by atoms with E-state index < -0.39 is 0 Å². The van der Waals surface area contributed by atoms with Crippen molar-refractivity contribution in [1.82, 2.24) is 10.2 Å². The highest BCUT2D eigenvalue weighted by Gasteiger charge is 2.30. The van der Waals surface area contributed by atoms with Crippen molar-refractivity contribution in [3.63, 3.8) is 0 Å². The van der Waals surface area contributed by atoms with Gasteiger partial charge in [-0.3, -0.25) is 4.79 Å². The largest absolute Gasteiger partial charge is 0.341 e. The Kier molecular flexibility index (Phi) is 4.16. The monoisotopic (exact) mass is 219 g/mol. The molecule has 0 unspecified atom stereocenters. The van der Waals surface area contributed by atoms with E-state index in [9.17, 15) is 4.79 Å². The maximum atomic E-state index is 11.8. The first-order valence-corrected chi connectivity index (χ1v) is 5.02. The first kappa shape index (κ1) is 11.8. The maximum absolute atomic E-state index is 11.8. The Labute approximate surface area is 90.6 Å². The van der Waals surface area contributed by atoms with Crippen molar-refractivity contribution in [3.05, 3.63) is 0 Å². The minimum absolute atomic E-state index is 0. The summed E-state index contributed by atoms with van der Waals surface area (Å²) in [4.78, 5) is 13.7. The van der Waals surface area contributed by atoms with Gasteiger partial charge in [-0.1, -0.05) is 0 Å². The minimum atomic E-state index is 0. The molecule has 5 heteroatoms. The quantitative estimate of drug-likeness (QED) is 0.630. The van der Waals surface area contributed by atoms with E-state index in [0.29, 0.717) is 5.91 Å². The fourth-order valence-corrected chi connectivity index (χ4v) is 2.11. The molecule has 2 fully saturated rings. The van der Waals surface area contributed by atoms with Crippen LogP contribution in [0.1, 0.15) is 12.8 Å². The van der Waals surface area contributed by atoms with E-state index >= 15 is 0 Å². The summed E-state index contributed by atoms with van der Waals surface area (Å²) >= 11 is 0. The van der Waals surface area contributed by atoms with Gasteiger partial charge in [0.15, 0.2) is 0 Å². The number of nitrogens with zero attached hydrogens (tertiary/aromatic N) is 1. The predicted molar refractivity (Wildman–Crippen MR) is 57.4 cm³/mol. The van der Waals surface area contributed by atoms with Gasteiger partial charge in [0.2, 0.25) is 5.91 Å². The van der Waals surface area contributed by atoms with Gasteiger partial charge in [0.25, 0.3) is 0 Å². The van der Waals surface area contributed by atoms with Gasteiger partial charge >= 0.3 is 0 Å². The Balaban J connectivity index is 0.000000980. The van der Waals surface area contributed by atoms with Crippen LogP contribution < -0.4 is 11.1 Å². The molecule has 2 atom stereocenters. The zero-order valence-electron chi connectivity index (χ0n) is 8.24. The van der Waals surface area contributed by atoms with Crippen molar-refractivity contribution < 1.29 is 4.79 Å². The van der Waals surface area contributed by atoms with Crippen LogP contribution in [0, 0.1) is 5.92 Å². The van der Waals surface area contributed by atoms with Crippen LogP contribution in [-0.2, 0) is 4.79 Å². The molecule has 14 heavy (non-hydrogen) atoms. The van der Waals surface area contributed by atoms with Crippen LogP contribution in [0.3, 0.4) is 0 Å². The molecule has 2 aliphatic rings. The van der Waals surface area contributed by atoms with Crippen molar-refractivity contribution in [2.24, 2.45) is 11.7 Å². The van der Waals surface area contributed by atoms with E-state index in [1.165, 1.54) is 0 Å². The zero-order chi connectivity index (χ0) is 9.26. The number of carbonyl (C=O) groups is 1. The van der Waals surface area contributed by atoms with Crippen molar-refractivity contribution >= 4 is 18.3 Å². The lowest BCUT2D eigenvalue weighted by molar-refractivity contribution is -0.133. The molecule has 0 aromatic rings. The number of carbonyl (C=O) groups excluding carboxylic acids is 1. The SMILES string of the molecule is Cl.N[C@@H]1CCN(C(=O)[C@H]2CCNC2)C1. The molecule has 2 saturated heterocycles. The Morgan fingerprint density at radius 2 is 2.21 bits per heavy atom. The van der Waals surface area contributed by atoms with Gasteiger partial charge in [0, 0.05) is 25.7 Å². The third-order valence-corrected chi connectivity index (χ3v) is 2.95. The van der Waals surface area contributed by atoms with Gasteiger partial charge in [-0.2, -0.15) is 0 Å². The van der Waals surface area contributed by atoms with Gasteiger partial charge in [-0.25, -0.2) is 0 Å². The van der Waals surface area contributed by atoms with Crippen LogP contribution in [0.15, 0.2) is 0 Å². The fraction of sp³-hybridized carbons (Fsp3) is 0.889. The van der Waals surface area contributed by atoms with Crippen LogP contribution in [0.2, 0.25) is 0 Å². The Hall–Kier alpha value is -0.320. The second kappa shape index (κ2) is 4.96. The Morgan fingerprint density at radius 1 is 1.43 bits per heavy atom. The zero-order valence-corrected chi connectivity index (χ0v) is 9.05. The highest BCUT2D eigenvalue weighted by atomic mass is 35.5. The summed E-state index contributed by atoms with van der Waals surface area (Å²) in [5, 5.41) is 3.21. The Bertz CT molecular complexity index is 206. The summed E-state index contributed by atoms with van der Waals surface area (Å²) in [6, 6.07) is 0.207. The maximum Gasteiger partial charge on any atom is 0.227 e. The van der Waals surface area contributed by atoms with Gasteiger partial charge in [-0.15, -0.1) is 12.4 Å². The number of nitrogens with two attached hydrogens (primary N) is 1. The molecule has 4 nitrogen and oxygen atoms in total. The van der Waals surface area contributed by atoms with Crippen molar-refractivity contribution in [3.8, 4) is 0 Å². The highest BCUT2D eigenvalue weighted by Crippen LogP contribution is 2.15. The lowest BCUT2D eigenvalue weighted by atomic mass is 10.1. The lowest BCUT2D eigenvalue weighted by Crippen LogP contribution is -2.37. The molecule has 0 radical (unpaired) electrons. The van der Waals surface area contributed by atoms with E-state index in [1.807, 2.05) is 4.90 Å². The molecule has 0 spiro atoms. The Morgan fingerprint density at radius 3 is 2.71 bits per heavy atom. The number of likely N-dealkylation sites (tertiary alicyclic amines) is 1. The second-order valence-corrected chi connectivity index (χ2v) is 4.02. The van der Waals surface area contributed by atoms with Crippen LogP contribution in [-0.4, -0.2) is 43.0 Å². The number of halogens is 1. The van der Waals surface area contributed by atoms with Crippen molar-refractivity contribution in [1.29, 1.82) is 0 Å². The minimum Gasteiger partial charge on any atom is -0.341 e.